The summed E-state index contributed by atoms with van der Waals surface area (Å²) in [5, 5.41) is 3.47. The van der Waals surface area contributed by atoms with Gasteiger partial charge in [-0.3, -0.25) is 4.40 Å². The first-order chi connectivity index (χ1) is 8.27. The Morgan fingerprint density at radius 3 is 3.00 bits per heavy atom. The molecular weight excluding hydrogens is 210 g/mol. The first-order valence-corrected chi connectivity index (χ1v) is 6.43. The van der Waals surface area contributed by atoms with Crippen LogP contribution in [0.25, 0.3) is 5.65 Å². The highest BCUT2D eigenvalue weighted by Crippen LogP contribution is 2.11. The van der Waals surface area contributed by atoms with E-state index in [-0.39, 0.29) is 0 Å². The molecule has 0 saturated carbocycles. The van der Waals surface area contributed by atoms with Crippen molar-refractivity contribution in [3.05, 3.63) is 30.6 Å². The lowest BCUT2D eigenvalue weighted by Gasteiger charge is -2.09. The molecule has 0 aliphatic carbocycles. The van der Waals surface area contributed by atoms with Gasteiger partial charge < -0.3 is 5.32 Å². The Morgan fingerprint density at radius 1 is 1.29 bits per heavy atom. The largest absolute Gasteiger partial charge is 0.371 e. The minimum Gasteiger partial charge on any atom is -0.371 e. The van der Waals surface area contributed by atoms with Crippen LogP contribution in [0.4, 0.5) is 5.82 Å². The van der Waals surface area contributed by atoms with Gasteiger partial charge in [0.25, 0.3) is 0 Å². The van der Waals surface area contributed by atoms with E-state index in [0.29, 0.717) is 0 Å². The normalized spacial score (nSPS) is 11.2. The Hall–Kier alpha value is -1.51. The quantitative estimate of drug-likeness (QED) is 0.770. The van der Waals surface area contributed by atoms with Crippen molar-refractivity contribution in [2.45, 2.75) is 33.1 Å². The van der Waals surface area contributed by atoms with Crippen LogP contribution in [0, 0.1) is 5.92 Å². The van der Waals surface area contributed by atoms with E-state index in [1.807, 2.05) is 24.5 Å². The number of hydrogen-bond donors (Lipinski definition) is 1. The number of anilines is 1. The molecule has 0 aliphatic rings. The number of hydrogen-bond acceptors (Lipinski definition) is 2. The van der Waals surface area contributed by atoms with Gasteiger partial charge in [0.1, 0.15) is 11.5 Å². The standard InChI is InChI=1S/C14H21N3/c1-12(2)6-3-4-9-15-13-7-5-8-14-16-10-11-17(13)14/h5,7-8,10-12,15H,3-4,6,9H2,1-2H3. The summed E-state index contributed by atoms with van der Waals surface area (Å²) in [6.45, 7) is 5.59. The number of imidazole rings is 1. The first-order valence-electron chi connectivity index (χ1n) is 6.43. The zero-order valence-electron chi connectivity index (χ0n) is 10.7. The molecule has 0 bridgehead atoms. The number of aromatic nitrogens is 2. The average Bonchev–Trinajstić information content (AvgIpc) is 2.77. The lowest BCUT2D eigenvalue weighted by Crippen LogP contribution is -2.05. The fourth-order valence-corrected chi connectivity index (χ4v) is 1.99. The highest BCUT2D eigenvalue weighted by Gasteiger charge is 1.99. The Kier molecular flexibility index (Phi) is 4.02. The highest BCUT2D eigenvalue weighted by molar-refractivity contribution is 5.49. The van der Waals surface area contributed by atoms with E-state index in [1.54, 1.807) is 0 Å². The van der Waals surface area contributed by atoms with Crippen molar-refractivity contribution in [1.82, 2.24) is 9.38 Å². The fourth-order valence-electron chi connectivity index (χ4n) is 1.99. The molecule has 0 unspecified atom stereocenters. The molecule has 2 heterocycles. The number of nitrogens with one attached hydrogen (secondary N) is 1. The Balaban J connectivity index is 1.84. The molecule has 0 radical (unpaired) electrons. The van der Waals surface area contributed by atoms with Crippen molar-refractivity contribution in [2.24, 2.45) is 5.92 Å². The van der Waals surface area contributed by atoms with Gasteiger partial charge in [-0.05, 0) is 24.5 Å². The van der Waals surface area contributed by atoms with Gasteiger partial charge in [0, 0.05) is 18.9 Å². The Morgan fingerprint density at radius 2 is 2.18 bits per heavy atom. The zero-order valence-corrected chi connectivity index (χ0v) is 10.7. The topological polar surface area (TPSA) is 29.3 Å². The number of rotatable bonds is 6. The van der Waals surface area contributed by atoms with Crippen LogP contribution in [0.5, 0.6) is 0 Å². The van der Waals surface area contributed by atoms with Crippen LogP contribution >= 0.6 is 0 Å². The van der Waals surface area contributed by atoms with Gasteiger partial charge in [0.05, 0.1) is 0 Å². The van der Waals surface area contributed by atoms with E-state index in [2.05, 4.69) is 34.6 Å². The Labute approximate surface area is 103 Å². The summed E-state index contributed by atoms with van der Waals surface area (Å²) < 4.78 is 2.09. The van der Waals surface area contributed by atoms with Gasteiger partial charge in [0.15, 0.2) is 0 Å². The van der Waals surface area contributed by atoms with Crippen molar-refractivity contribution in [1.29, 1.82) is 0 Å². The van der Waals surface area contributed by atoms with E-state index < -0.39 is 0 Å². The fraction of sp³-hybridized carbons (Fsp3) is 0.500. The van der Waals surface area contributed by atoms with Gasteiger partial charge in [-0.2, -0.15) is 0 Å². The van der Waals surface area contributed by atoms with Crippen LogP contribution in [0.2, 0.25) is 0 Å². The van der Waals surface area contributed by atoms with Crippen LogP contribution in [0.1, 0.15) is 33.1 Å². The predicted octanol–water partition coefficient (Wildman–Crippen LogP) is 3.57. The smallest absolute Gasteiger partial charge is 0.138 e. The summed E-state index contributed by atoms with van der Waals surface area (Å²) in [7, 11) is 0. The van der Waals surface area contributed by atoms with Crippen molar-refractivity contribution in [2.75, 3.05) is 11.9 Å². The van der Waals surface area contributed by atoms with Gasteiger partial charge in [-0.15, -0.1) is 0 Å². The minimum atomic E-state index is 0.812. The van der Waals surface area contributed by atoms with Crippen LogP contribution in [-0.4, -0.2) is 15.9 Å². The lowest BCUT2D eigenvalue weighted by molar-refractivity contribution is 0.544. The van der Waals surface area contributed by atoms with Gasteiger partial charge >= 0.3 is 0 Å². The molecule has 0 saturated heterocycles. The molecule has 0 aliphatic heterocycles. The second-order valence-corrected chi connectivity index (χ2v) is 4.88. The first kappa shape index (κ1) is 12.0. The van der Waals surface area contributed by atoms with Gasteiger partial charge in [0.2, 0.25) is 0 Å². The summed E-state index contributed by atoms with van der Waals surface area (Å²) in [5.41, 5.74) is 0.997. The van der Waals surface area contributed by atoms with Gasteiger partial charge in [-0.25, -0.2) is 4.98 Å². The van der Waals surface area contributed by atoms with Gasteiger partial charge in [-0.1, -0.05) is 32.8 Å². The zero-order chi connectivity index (χ0) is 12.1. The van der Waals surface area contributed by atoms with E-state index in [4.69, 9.17) is 0 Å². The molecule has 1 N–H and O–H groups in total. The number of pyridine rings is 1. The third-order valence-corrected chi connectivity index (χ3v) is 2.94. The van der Waals surface area contributed by atoms with E-state index in [9.17, 15) is 0 Å². The van der Waals surface area contributed by atoms with Crippen LogP contribution in [0.3, 0.4) is 0 Å². The summed E-state index contributed by atoms with van der Waals surface area (Å²) in [6, 6.07) is 6.15. The maximum absolute atomic E-state index is 4.27. The molecule has 17 heavy (non-hydrogen) atoms. The highest BCUT2D eigenvalue weighted by atomic mass is 15.1. The lowest BCUT2D eigenvalue weighted by atomic mass is 10.1. The molecule has 0 fully saturated rings. The molecule has 2 aromatic heterocycles. The summed E-state index contributed by atoms with van der Waals surface area (Å²) >= 11 is 0. The average molecular weight is 231 g/mol. The summed E-state index contributed by atoms with van der Waals surface area (Å²) in [5.74, 6) is 1.94. The molecule has 2 rings (SSSR count). The maximum Gasteiger partial charge on any atom is 0.138 e. The number of nitrogens with zero attached hydrogens (tertiary/aromatic N) is 2. The molecular formula is C14H21N3. The predicted molar refractivity (Wildman–Crippen MR) is 72.4 cm³/mol. The molecule has 2 aromatic rings. The SMILES string of the molecule is CC(C)CCCCNc1cccc2nccn12. The number of unbranched alkanes of at least 4 members (excludes halogenated alkanes) is 1. The molecule has 92 valence electrons. The summed E-state index contributed by atoms with van der Waals surface area (Å²) in [4.78, 5) is 4.27. The maximum atomic E-state index is 4.27. The molecule has 0 aromatic carbocycles. The minimum absolute atomic E-state index is 0.812. The monoisotopic (exact) mass is 231 g/mol. The molecule has 3 nitrogen and oxygen atoms in total. The molecule has 3 heteroatoms. The van der Waals surface area contributed by atoms with Crippen LogP contribution < -0.4 is 5.32 Å². The van der Waals surface area contributed by atoms with Crippen molar-refractivity contribution < 1.29 is 0 Å². The van der Waals surface area contributed by atoms with Crippen molar-refractivity contribution in [3.63, 3.8) is 0 Å². The van der Waals surface area contributed by atoms with Crippen LogP contribution in [0.15, 0.2) is 30.6 Å². The van der Waals surface area contributed by atoms with E-state index in [1.165, 1.54) is 19.3 Å². The molecule has 0 spiro atoms. The molecule has 0 amide bonds. The Bertz CT molecular complexity index is 459. The van der Waals surface area contributed by atoms with Crippen molar-refractivity contribution in [3.8, 4) is 0 Å². The second kappa shape index (κ2) is 5.71. The third kappa shape index (κ3) is 3.22. The van der Waals surface area contributed by atoms with E-state index >= 15 is 0 Å². The number of fused-ring (bicyclic) bond motifs is 1. The van der Waals surface area contributed by atoms with Crippen LogP contribution in [-0.2, 0) is 0 Å². The summed E-state index contributed by atoms with van der Waals surface area (Å²) in [6.07, 6.45) is 7.66. The third-order valence-electron chi connectivity index (χ3n) is 2.94. The second-order valence-electron chi connectivity index (χ2n) is 4.88. The van der Waals surface area contributed by atoms with E-state index in [0.717, 1.165) is 23.9 Å². The molecule has 0 atom stereocenters. The van der Waals surface area contributed by atoms with Crippen molar-refractivity contribution >= 4 is 11.5 Å².